The Hall–Kier alpha value is -1.15. The Kier molecular flexibility index (Phi) is 3.84. The van der Waals surface area contributed by atoms with Crippen LogP contribution >= 0.6 is 0 Å². The molecule has 0 saturated carbocycles. The third-order valence-electron chi connectivity index (χ3n) is 2.01. The third kappa shape index (κ3) is 2.96. The molecule has 0 bridgehead atoms. The lowest BCUT2D eigenvalue weighted by atomic mass is 10.1. The first-order chi connectivity index (χ1) is 6.63. The maximum atomic E-state index is 13.4. The normalized spacial score (nSPS) is 10.6. The number of hydrogen-bond acceptors (Lipinski definition) is 1. The highest BCUT2D eigenvalue weighted by Crippen LogP contribution is 2.11. The molecule has 1 nitrogen and oxygen atoms in total. The second kappa shape index (κ2) is 4.91. The lowest BCUT2D eigenvalue weighted by Gasteiger charge is -2.09. The zero-order chi connectivity index (χ0) is 10.6. The monoisotopic (exact) mass is 193 g/mol. The second-order valence-corrected chi connectivity index (χ2v) is 3.59. The Morgan fingerprint density at radius 3 is 2.71 bits per heavy atom. The molecule has 0 saturated heterocycles. The molecule has 0 amide bonds. The molecule has 1 aromatic carbocycles. The molecule has 0 aliphatic heterocycles. The fourth-order valence-corrected chi connectivity index (χ4v) is 1.15. The summed E-state index contributed by atoms with van der Waals surface area (Å²) >= 11 is 0. The van der Waals surface area contributed by atoms with Crippen LogP contribution in [0.5, 0.6) is 0 Å². The number of rotatable bonds is 4. The molecule has 0 fully saturated rings. The van der Waals surface area contributed by atoms with Gasteiger partial charge >= 0.3 is 0 Å². The summed E-state index contributed by atoms with van der Waals surface area (Å²) < 4.78 is 13.4. The van der Waals surface area contributed by atoms with Crippen LogP contribution in [-0.4, -0.2) is 6.04 Å². The molecular formula is C12H16FN. The van der Waals surface area contributed by atoms with Gasteiger partial charge < -0.3 is 5.32 Å². The van der Waals surface area contributed by atoms with Gasteiger partial charge in [-0.2, -0.15) is 0 Å². The van der Waals surface area contributed by atoms with Crippen molar-refractivity contribution in [1.82, 2.24) is 5.32 Å². The van der Waals surface area contributed by atoms with Gasteiger partial charge in [0, 0.05) is 18.2 Å². The van der Waals surface area contributed by atoms with E-state index in [1.54, 1.807) is 12.1 Å². The minimum absolute atomic E-state index is 0.171. The van der Waals surface area contributed by atoms with Gasteiger partial charge in [-0.1, -0.05) is 38.6 Å². The highest BCUT2D eigenvalue weighted by atomic mass is 19.1. The average molecular weight is 193 g/mol. The maximum absolute atomic E-state index is 13.4. The van der Waals surface area contributed by atoms with Crippen LogP contribution in [0, 0.1) is 5.82 Å². The van der Waals surface area contributed by atoms with Crippen molar-refractivity contribution in [3.05, 3.63) is 41.7 Å². The van der Waals surface area contributed by atoms with E-state index in [0.717, 1.165) is 5.56 Å². The molecule has 0 atom stereocenters. The van der Waals surface area contributed by atoms with E-state index in [1.165, 1.54) is 6.07 Å². The highest BCUT2D eigenvalue weighted by molar-refractivity contribution is 5.47. The Bertz CT molecular complexity index is 318. The van der Waals surface area contributed by atoms with E-state index >= 15 is 0 Å². The van der Waals surface area contributed by atoms with Crippen molar-refractivity contribution < 1.29 is 4.39 Å². The summed E-state index contributed by atoms with van der Waals surface area (Å²) in [6, 6.07) is 5.54. The van der Waals surface area contributed by atoms with Crippen molar-refractivity contribution >= 4 is 6.08 Å². The molecule has 0 aromatic heterocycles. The zero-order valence-electron chi connectivity index (χ0n) is 8.68. The summed E-state index contributed by atoms with van der Waals surface area (Å²) in [6.45, 7) is 8.24. The summed E-state index contributed by atoms with van der Waals surface area (Å²) in [4.78, 5) is 0. The molecular weight excluding hydrogens is 177 g/mol. The third-order valence-corrected chi connectivity index (χ3v) is 2.01. The van der Waals surface area contributed by atoms with Gasteiger partial charge in [-0.15, -0.1) is 0 Å². The van der Waals surface area contributed by atoms with Crippen LogP contribution in [0.15, 0.2) is 24.8 Å². The predicted molar refractivity (Wildman–Crippen MR) is 58.5 cm³/mol. The van der Waals surface area contributed by atoms with Gasteiger partial charge in [-0.05, 0) is 11.6 Å². The largest absolute Gasteiger partial charge is 0.310 e. The number of hydrogen-bond donors (Lipinski definition) is 1. The molecule has 0 spiro atoms. The number of halogens is 1. The van der Waals surface area contributed by atoms with E-state index in [4.69, 9.17) is 0 Å². The Balaban J connectivity index is 2.73. The summed E-state index contributed by atoms with van der Waals surface area (Å²) in [5, 5.41) is 3.17. The Morgan fingerprint density at radius 2 is 2.21 bits per heavy atom. The fraction of sp³-hybridized carbons (Fsp3) is 0.333. The summed E-state index contributed by atoms with van der Waals surface area (Å²) in [5.41, 5.74) is 1.51. The maximum Gasteiger partial charge on any atom is 0.128 e. The summed E-state index contributed by atoms with van der Waals surface area (Å²) in [6.07, 6.45) is 1.64. The topological polar surface area (TPSA) is 12.0 Å². The van der Waals surface area contributed by atoms with Crippen molar-refractivity contribution in [2.45, 2.75) is 26.4 Å². The van der Waals surface area contributed by atoms with Gasteiger partial charge in [0.2, 0.25) is 0 Å². The molecule has 0 heterocycles. The quantitative estimate of drug-likeness (QED) is 0.775. The van der Waals surface area contributed by atoms with Crippen LogP contribution in [-0.2, 0) is 6.54 Å². The Morgan fingerprint density at radius 1 is 1.50 bits per heavy atom. The van der Waals surface area contributed by atoms with E-state index in [9.17, 15) is 4.39 Å². The van der Waals surface area contributed by atoms with Gasteiger partial charge in [0.25, 0.3) is 0 Å². The van der Waals surface area contributed by atoms with Crippen LogP contribution in [0.3, 0.4) is 0 Å². The SMILES string of the molecule is C=Cc1ccc(CNC(C)C)c(F)c1. The number of nitrogens with one attached hydrogen (secondary N) is 1. The van der Waals surface area contributed by atoms with Crippen LogP contribution < -0.4 is 5.32 Å². The van der Waals surface area contributed by atoms with Crippen molar-refractivity contribution in [3.8, 4) is 0 Å². The van der Waals surface area contributed by atoms with Crippen molar-refractivity contribution in [2.75, 3.05) is 0 Å². The molecule has 0 aliphatic carbocycles. The molecule has 0 unspecified atom stereocenters. The number of benzene rings is 1. The first-order valence-corrected chi connectivity index (χ1v) is 4.77. The van der Waals surface area contributed by atoms with Crippen LogP contribution in [0.1, 0.15) is 25.0 Å². The van der Waals surface area contributed by atoms with Gasteiger partial charge in [0.1, 0.15) is 5.82 Å². The van der Waals surface area contributed by atoms with Crippen molar-refractivity contribution in [2.24, 2.45) is 0 Å². The van der Waals surface area contributed by atoms with Crippen molar-refractivity contribution in [3.63, 3.8) is 0 Å². The minimum atomic E-state index is -0.171. The molecule has 2 heteroatoms. The molecule has 1 rings (SSSR count). The van der Waals surface area contributed by atoms with E-state index in [2.05, 4.69) is 11.9 Å². The molecule has 76 valence electrons. The van der Waals surface area contributed by atoms with Crippen LogP contribution in [0.25, 0.3) is 6.08 Å². The summed E-state index contributed by atoms with van der Waals surface area (Å²) in [7, 11) is 0. The van der Waals surface area contributed by atoms with Gasteiger partial charge in [0.05, 0.1) is 0 Å². The average Bonchev–Trinajstić information content (AvgIpc) is 2.15. The molecule has 0 aliphatic rings. The predicted octanol–water partition coefficient (Wildman–Crippen LogP) is 2.97. The van der Waals surface area contributed by atoms with E-state index in [-0.39, 0.29) is 5.82 Å². The Labute approximate surface area is 84.6 Å². The second-order valence-electron chi connectivity index (χ2n) is 3.59. The molecule has 1 N–H and O–H groups in total. The van der Waals surface area contributed by atoms with Gasteiger partial charge in [-0.25, -0.2) is 4.39 Å². The molecule has 0 radical (unpaired) electrons. The lowest BCUT2D eigenvalue weighted by Crippen LogP contribution is -2.22. The first kappa shape index (κ1) is 10.9. The fourth-order valence-electron chi connectivity index (χ4n) is 1.15. The zero-order valence-corrected chi connectivity index (χ0v) is 8.68. The smallest absolute Gasteiger partial charge is 0.128 e. The standard InChI is InChI=1S/C12H16FN/c1-4-10-5-6-11(12(13)7-10)8-14-9(2)3/h4-7,9,14H,1,8H2,2-3H3. The van der Waals surface area contributed by atoms with Gasteiger partial charge in [-0.3, -0.25) is 0 Å². The molecule has 1 aromatic rings. The van der Waals surface area contributed by atoms with E-state index in [1.807, 2.05) is 19.9 Å². The lowest BCUT2D eigenvalue weighted by molar-refractivity contribution is 0.553. The molecule has 14 heavy (non-hydrogen) atoms. The van der Waals surface area contributed by atoms with Crippen LogP contribution in [0.4, 0.5) is 4.39 Å². The van der Waals surface area contributed by atoms with E-state index < -0.39 is 0 Å². The van der Waals surface area contributed by atoms with Gasteiger partial charge in [0.15, 0.2) is 0 Å². The first-order valence-electron chi connectivity index (χ1n) is 4.77. The minimum Gasteiger partial charge on any atom is -0.310 e. The van der Waals surface area contributed by atoms with Crippen molar-refractivity contribution in [1.29, 1.82) is 0 Å². The summed E-state index contributed by atoms with van der Waals surface area (Å²) in [5.74, 6) is -0.171. The van der Waals surface area contributed by atoms with Crippen LogP contribution in [0.2, 0.25) is 0 Å². The highest BCUT2D eigenvalue weighted by Gasteiger charge is 2.02. The van der Waals surface area contributed by atoms with E-state index in [0.29, 0.717) is 18.2 Å².